The summed E-state index contributed by atoms with van der Waals surface area (Å²) in [6, 6.07) is 6.27. The summed E-state index contributed by atoms with van der Waals surface area (Å²) in [5, 5.41) is 14.3. The SMILES string of the molecule is CC1(O)CCN(c2ccc(CNC(C)(C)C)cc2Cl)CC1. The van der Waals surface area contributed by atoms with E-state index in [2.05, 4.69) is 43.1 Å². The quantitative estimate of drug-likeness (QED) is 0.896. The fraction of sp³-hybridized carbons (Fsp3) is 0.647. The van der Waals surface area contributed by atoms with Crippen molar-refractivity contribution in [1.82, 2.24) is 5.32 Å². The maximum absolute atomic E-state index is 10.0. The molecule has 1 aromatic rings. The summed E-state index contributed by atoms with van der Waals surface area (Å²) in [6.07, 6.45) is 1.58. The highest BCUT2D eigenvalue weighted by atomic mass is 35.5. The summed E-state index contributed by atoms with van der Waals surface area (Å²) in [4.78, 5) is 2.27. The second-order valence-corrected chi connectivity index (χ2v) is 7.78. The third-order valence-electron chi connectivity index (χ3n) is 4.02. The van der Waals surface area contributed by atoms with Crippen LogP contribution in [-0.2, 0) is 6.54 Å². The number of nitrogens with zero attached hydrogens (tertiary/aromatic N) is 1. The van der Waals surface area contributed by atoms with Crippen molar-refractivity contribution >= 4 is 17.3 Å². The van der Waals surface area contributed by atoms with Crippen LogP contribution in [0.25, 0.3) is 0 Å². The van der Waals surface area contributed by atoms with Gasteiger partial charge in [0.2, 0.25) is 0 Å². The van der Waals surface area contributed by atoms with Gasteiger partial charge in [-0.2, -0.15) is 0 Å². The van der Waals surface area contributed by atoms with Gasteiger partial charge in [0, 0.05) is 25.2 Å². The van der Waals surface area contributed by atoms with Crippen LogP contribution < -0.4 is 10.2 Å². The molecule has 0 bridgehead atoms. The first kappa shape index (κ1) is 16.6. The Morgan fingerprint density at radius 3 is 2.43 bits per heavy atom. The molecular formula is C17H27ClN2O. The summed E-state index contributed by atoms with van der Waals surface area (Å²) < 4.78 is 0. The fourth-order valence-electron chi connectivity index (χ4n) is 2.51. The summed E-state index contributed by atoms with van der Waals surface area (Å²) in [5.41, 5.74) is 1.85. The zero-order valence-corrected chi connectivity index (χ0v) is 14.3. The molecule has 1 fully saturated rings. The number of nitrogens with one attached hydrogen (secondary N) is 1. The highest BCUT2D eigenvalue weighted by Crippen LogP contribution is 2.31. The maximum atomic E-state index is 10.0. The molecule has 2 rings (SSSR count). The molecule has 0 saturated carbocycles. The van der Waals surface area contributed by atoms with Crippen LogP contribution in [0.15, 0.2) is 18.2 Å². The van der Waals surface area contributed by atoms with Gasteiger partial charge in [0.25, 0.3) is 0 Å². The third kappa shape index (κ3) is 4.87. The van der Waals surface area contributed by atoms with Crippen LogP contribution in [0.2, 0.25) is 5.02 Å². The summed E-state index contributed by atoms with van der Waals surface area (Å²) in [6.45, 7) is 10.9. The van der Waals surface area contributed by atoms with E-state index in [-0.39, 0.29) is 5.54 Å². The van der Waals surface area contributed by atoms with Gasteiger partial charge < -0.3 is 15.3 Å². The van der Waals surface area contributed by atoms with Gasteiger partial charge in [0.15, 0.2) is 0 Å². The van der Waals surface area contributed by atoms with E-state index in [1.54, 1.807) is 0 Å². The first-order valence-corrected chi connectivity index (χ1v) is 8.05. The molecule has 21 heavy (non-hydrogen) atoms. The van der Waals surface area contributed by atoms with Crippen LogP contribution in [0.4, 0.5) is 5.69 Å². The number of rotatable bonds is 3. The molecule has 1 heterocycles. The van der Waals surface area contributed by atoms with Crippen LogP contribution >= 0.6 is 11.6 Å². The molecule has 2 N–H and O–H groups in total. The highest BCUT2D eigenvalue weighted by Gasteiger charge is 2.28. The molecule has 0 amide bonds. The van der Waals surface area contributed by atoms with E-state index in [0.717, 1.165) is 43.2 Å². The van der Waals surface area contributed by atoms with E-state index in [9.17, 15) is 5.11 Å². The monoisotopic (exact) mass is 310 g/mol. The minimum atomic E-state index is -0.528. The number of hydrogen-bond donors (Lipinski definition) is 2. The van der Waals surface area contributed by atoms with Gasteiger partial charge in [-0.25, -0.2) is 0 Å². The van der Waals surface area contributed by atoms with Gasteiger partial charge in [-0.15, -0.1) is 0 Å². The summed E-state index contributed by atoms with van der Waals surface area (Å²) in [7, 11) is 0. The number of benzene rings is 1. The van der Waals surface area contributed by atoms with Crippen LogP contribution in [0.5, 0.6) is 0 Å². The lowest BCUT2D eigenvalue weighted by Crippen LogP contribution is -2.42. The predicted molar refractivity (Wildman–Crippen MR) is 90.1 cm³/mol. The van der Waals surface area contributed by atoms with Crippen molar-refractivity contribution in [3.8, 4) is 0 Å². The van der Waals surface area contributed by atoms with Crippen LogP contribution in [0.1, 0.15) is 46.1 Å². The molecule has 0 atom stereocenters. The van der Waals surface area contributed by atoms with Gasteiger partial charge >= 0.3 is 0 Å². The van der Waals surface area contributed by atoms with Crippen LogP contribution in [0, 0.1) is 0 Å². The smallest absolute Gasteiger partial charge is 0.0653 e. The molecule has 0 unspecified atom stereocenters. The largest absolute Gasteiger partial charge is 0.390 e. The van der Waals surface area contributed by atoms with E-state index < -0.39 is 5.60 Å². The molecule has 0 aliphatic carbocycles. The second-order valence-electron chi connectivity index (χ2n) is 7.37. The van der Waals surface area contributed by atoms with Crippen molar-refractivity contribution in [3.63, 3.8) is 0 Å². The summed E-state index contributed by atoms with van der Waals surface area (Å²) in [5.74, 6) is 0. The van der Waals surface area contributed by atoms with Crippen LogP contribution in [-0.4, -0.2) is 29.3 Å². The number of anilines is 1. The van der Waals surface area contributed by atoms with Crippen molar-refractivity contribution in [3.05, 3.63) is 28.8 Å². The molecule has 1 saturated heterocycles. The average molecular weight is 311 g/mol. The Hall–Kier alpha value is -0.770. The zero-order chi connectivity index (χ0) is 15.7. The standard InChI is InChI=1S/C17H27ClN2O/c1-16(2,3)19-12-13-5-6-15(14(18)11-13)20-9-7-17(4,21)8-10-20/h5-6,11,19,21H,7-10,12H2,1-4H3. The molecule has 3 nitrogen and oxygen atoms in total. The van der Waals surface area contributed by atoms with Crippen molar-refractivity contribution in [2.24, 2.45) is 0 Å². The van der Waals surface area contributed by atoms with E-state index in [1.165, 1.54) is 5.56 Å². The van der Waals surface area contributed by atoms with E-state index in [4.69, 9.17) is 11.6 Å². The van der Waals surface area contributed by atoms with E-state index in [0.29, 0.717) is 0 Å². The average Bonchev–Trinajstić information content (AvgIpc) is 2.36. The molecule has 0 aromatic heterocycles. The predicted octanol–water partition coefficient (Wildman–Crippen LogP) is 3.58. The minimum Gasteiger partial charge on any atom is -0.390 e. The number of hydrogen-bond acceptors (Lipinski definition) is 3. The van der Waals surface area contributed by atoms with Crippen molar-refractivity contribution < 1.29 is 5.11 Å². The van der Waals surface area contributed by atoms with E-state index >= 15 is 0 Å². The maximum Gasteiger partial charge on any atom is 0.0653 e. The fourth-order valence-corrected chi connectivity index (χ4v) is 2.84. The molecule has 1 aromatic carbocycles. The number of piperidine rings is 1. The molecule has 1 aliphatic rings. The van der Waals surface area contributed by atoms with Crippen molar-refractivity contribution in [2.75, 3.05) is 18.0 Å². The Labute approximate surface area is 133 Å². The molecule has 118 valence electrons. The van der Waals surface area contributed by atoms with Crippen molar-refractivity contribution in [1.29, 1.82) is 0 Å². The Morgan fingerprint density at radius 1 is 1.29 bits per heavy atom. The molecule has 4 heteroatoms. The number of halogens is 1. The topological polar surface area (TPSA) is 35.5 Å². The Balaban J connectivity index is 2.03. The van der Waals surface area contributed by atoms with Gasteiger partial charge in [0.05, 0.1) is 16.3 Å². The van der Waals surface area contributed by atoms with Gasteiger partial charge in [0.1, 0.15) is 0 Å². The molecule has 1 aliphatic heterocycles. The van der Waals surface area contributed by atoms with E-state index in [1.807, 2.05) is 13.0 Å². The first-order chi connectivity index (χ1) is 9.66. The first-order valence-electron chi connectivity index (χ1n) is 7.67. The molecule has 0 radical (unpaired) electrons. The Bertz CT molecular complexity index is 484. The normalized spacial score (nSPS) is 18.9. The Morgan fingerprint density at radius 2 is 1.90 bits per heavy atom. The number of aliphatic hydroxyl groups is 1. The third-order valence-corrected chi connectivity index (χ3v) is 4.32. The lowest BCUT2D eigenvalue weighted by Gasteiger charge is -2.37. The van der Waals surface area contributed by atoms with Crippen LogP contribution in [0.3, 0.4) is 0 Å². The zero-order valence-electron chi connectivity index (χ0n) is 13.5. The molecular weight excluding hydrogens is 284 g/mol. The summed E-state index contributed by atoms with van der Waals surface area (Å²) >= 11 is 6.45. The lowest BCUT2D eigenvalue weighted by atomic mass is 9.93. The Kier molecular flexibility index (Phi) is 4.86. The second kappa shape index (κ2) is 6.15. The highest BCUT2D eigenvalue weighted by molar-refractivity contribution is 6.33. The van der Waals surface area contributed by atoms with Crippen molar-refractivity contribution in [2.45, 2.75) is 58.2 Å². The van der Waals surface area contributed by atoms with Gasteiger partial charge in [-0.05, 0) is 58.2 Å². The lowest BCUT2D eigenvalue weighted by molar-refractivity contribution is 0.0351. The van der Waals surface area contributed by atoms with Gasteiger partial charge in [-0.1, -0.05) is 17.7 Å². The molecule has 0 spiro atoms. The minimum absolute atomic E-state index is 0.101. The van der Waals surface area contributed by atoms with Gasteiger partial charge in [-0.3, -0.25) is 0 Å².